The molecule has 2 aromatic carbocycles. The lowest BCUT2D eigenvalue weighted by molar-refractivity contribution is 0.0936. The number of carbonyl (C=O) groups is 1. The number of ether oxygens (including phenoxy) is 1. The molecule has 0 aliphatic carbocycles. The van der Waals surface area contributed by atoms with Crippen molar-refractivity contribution < 1.29 is 13.9 Å². The summed E-state index contributed by atoms with van der Waals surface area (Å²) in [5, 5.41) is 3.52. The highest BCUT2D eigenvalue weighted by molar-refractivity contribution is 5.96. The summed E-state index contributed by atoms with van der Waals surface area (Å²) < 4.78 is 10.3. The average molecular weight is 323 g/mol. The molecule has 5 heteroatoms. The van der Waals surface area contributed by atoms with E-state index in [9.17, 15) is 9.59 Å². The van der Waals surface area contributed by atoms with Crippen molar-refractivity contribution in [1.82, 2.24) is 5.32 Å². The molecule has 0 radical (unpaired) electrons. The van der Waals surface area contributed by atoms with Crippen molar-refractivity contribution in [2.45, 2.75) is 13.0 Å². The molecular weight excluding hydrogens is 306 g/mol. The molecule has 0 aliphatic heterocycles. The van der Waals surface area contributed by atoms with Crippen LogP contribution in [0.4, 0.5) is 0 Å². The van der Waals surface area contributed by atoms with Crippen LogP contribution in [0.2, 0.25) is 0 Å². The van der Waals surface area contributed by atoms with E-state index in [1.807, 2.05) is 37.3 Å². The predicted molar refractivity (Wildman–Crippen MR) is 91.4 cm³/mol. The Bertz CT molecular complexity index is 928. The van der Waals surface area contributed by atoms with Crippen molar-refractivity contribution in [3.63, 3.8) is 0 Å². The minimum atomic E-state index is -0.645. The molecule has 1 aromatic heterocycles. The number of hydrogen-bond donors (Lipinski definition) is 1. The maximum atomic E-state index is 12.4. The molecule has 0 fully saturated rings. The summed E-state index contributed by atoms with van der Waals surface area (Å²) in [5.41, 5.74) is 0.721. The second kappa shape index (κ2) is 6.58. The summed E-state index contributed by atoms with van der Waals surface area (Å²) in [7, 11) is 1.60. The summed E-state index contributed by atoms with van der Waals surface area (Å²) in [5.74, 6) is 0.283. The summed E-state index contributed by atoms with van der Waals surface area (Å²) in [6.07, 6.45) is 0. The van der Waals surface area contributed by atoms with Gasteiger partial charge < -0.3 is 14.5 Å². The number of fused-ring (bicyclic) bond motifs is 1. The van der Waals surface area contributed by atoms with Crippen molar-refractivity contribution in [3.8, 4) is 5.75 Å². The Morgan fingerprint density at radius 2 is 1.83 bits per heavy atom. The highest BCUT2D eigenvalue weighted by atomic mass is 16.5. The maximum Gasteiger partial charge on any atom is 0.349 e. The third-order valence-corrected chi connectivity index (χ3v) is 3.85. The third-order valence-electron chi connectivity index (χ3n) is 3.85. The number of rotatable bonds is 4. The first-order chi connectivity index (χ1) is 11.6. The predicted octanol–water partition coefficient (Wildman–Crippen LogP) is 3.29. The second-order valence-electron chi connectivity index (χ2n) is 5.45. The molecule has 5 nitrogen and oxygen atoms in total. The lowest BCUT2D eigenvalue weighted by atomic mass is 10.1. The number of benzene rings is 2. The lowest BCUT2D eigenvalue weighted by Gasteiger charge is -2.14. The van der Waals surface area contributed by atoms with Gasteiger partial charge in [-0.25, -0.2) is 4.79 Å². The van der Waals surface area contributed by atoms with E-state index in [1.165, 1.54) is 0 Å². The summed E-state index contributed by atoms with van der Waals surface area (Å²) in [6.45, 7) is 1.85. The molecule has 1 unspecified atom stereocenters. The zero-order valence-electron chi connectivity index (χ0n) is 13.4. The second-order valence-corrected chi connectivity index (χ2v) is 5.45. The standard InChI is InChI=1S/C19H17NO4/c1-12(13-7-9-15(23-2)10-8-13)20-18(21)16-11-14-5-3-4-6-17(14)24-19(16)22/h3-12H,1-2H3,(H,20,21). The van der Waals surface area contributed by atoms with Crippen LogP contribution in [0, 0.1) is 0 Å². The fraction of sp³-hybridized carbons (Fsp3) is 0.158. The molecule has 3 rings (SSSR count). The molecule has 3 aromatic rings. The number of hydrogen-bond acceptors (Lipinski definition) is 4. The summed E-state index contributed by atoms with van der Waals surface area (Å²) >= 11 is 0. The van der Waals surface area contributed by atoms with E-state index >= 15 is 0 Å². The fourth-order valence-electron chi connectivity index (χ4n) is 2.47. The summed E-state index contributed by atoms with van der Waals surface area (Å²) in [6, 6.07) is 15.8. The van der Waals surface area contributed by atoms with Gasteiger partial charge in [0.05, 0.1) is 13.2 Å². The van der Waals surface area contributed by atoms with Gasteiger partial charge in [0.25, 0.3) is 5.91 Å². The third kappa shape index (κ3) is 3.15. The van der Waals surface area contributed by atoms with Gasteiger partial charge in [-0.1, -0.05) is 30.3 Å². The van der Waals surface area contributed by atoms with Gasteiger partial charge in [-0.3, -0.25) is 4.79 Å². The topological polar surface area (TPSA) is 68.5 Å². The van der Waals surface area contributed by atoms with Gasteiger partial charge in [0.2, 0.25) is 0 Å². The van der Waals surface area contributed by atoms with E-state index < -0.39 is 11.5 Å². The molecule has 122 valence electrons. The van der Waals surface area contributed by atoms with Crippen LogP contribution < -0.4 is 15.7 Å². The molecular formula is C19H17NO4. The van der Waals surface area contributed by atoms with Gasteiger partial charge in [-0.15, -0.1) is 0 Å². The van der Waals surface area contributed by atoms with Crippen molar-refractivity contribution in [3.05, 3.63) is 76.1 Å². The Morgan fingerprint density at radius 1 is 1.12 bits per heavy atom. The largest absolute Gasteiger partial charge is 0.497 e. The van der Waals surface area contributed by atoms with Crippen molar-refractivity contribution >= 4 is 16.9 Å². The lowest BCUT2D eigenvalue weighted by Crippen LogP contribution is -2.30. The van der Waals surface area contributed by atoms with Crippen molar-refractivity contribution in [2.75, 3.05) is 7.11 Å². The van der Waals surface area contributed by atoms with Crippen LogP contribution >= 0.6 is 0 Å². The number of methoxy groups -OCH3 is 1. The van der Waals surface area contributed by atoms with E-state index in [-0.39, 0.29) is 11.6 Å². The fourth-order valence-corrected chi connectivity index (χ4v) is 2.47. The molecule has 0 bridgehead atoms. The molecule has 1 amide bonds. The SMILES string of the molecule is COc1ccc(C(C)NC(=O)c2cc3ccccc3oc2=O)cc1. The van der Waals surface area contributed by atoms with Crippen LogP contribution in [-0.2, 0) is 0 Å². The first-order valence-corrected chi connectivity index (χ1v) is 7.56. The Morgan fingerprint density at radius 3 is 2.54 bits per heavy atom. The molecule has 0 aliphatic rings. The Hall–Kier alpha value is -3.08. The highest BCUT2D eigenvalue weighted by Gasteiger charge is 2.16. The quantitative estimate of drug-likeness (QED) is 0.748. The van der Waals surface area contributed by atoms with Crippen LogP contribution in [0.25, 0.3) is 11.0 Å². The number of para-hydroxylation sites is 1. The Labute approximate surface area is 138 Å². The Balaban J connectivity index is 1.83. The van der Waals surface area contributed by atoms with Crippen LogP contribution in [0.5, 0.6) is 5.75 Å². The van der Waals surface area contributed by atoms with Gasteiger partial charge in [0, 0.05) is 5.39 Å². The average Bonchev–Trinajstić information content (AvgIpc) is 2.61. The van der Waals surface area contributed by atoms with Crippen LogP contribution in [0.1, 0.15) is 28.9 Å². The highest BCUT2D eigenvalue weighted by Crippen LogP contribution is 2.18. The Kier molecular flexibility index (Phi) is 4.33. The zero-order chi connectivity index (χ0) is 17.1. The van der Waals surface area contributed by atoms with E-state index in [0.717, 1.165) is 11.3 Å². The number of nitrogens with one attached hydrogen (secondary N) is 1. The van der Waals surface area contributed by atoms with Gasteiger partial charge in [-0.05, 0) is 36.8 Å². The first kappa shape index (κ1) is 15.8. The molecule has 1 heterocycles. The molecule has 24 heavy (non-hydrogen) atoms. The number of amides is 1. The molecule has 1 atom stereocenters. The van der Waals surface area contributed by atoms with Gasteiger partial charge in [0.15, 0.2) is 0 Å². The van der Waals surface area contributed by atoms with Gasteiger partial charge in [-0.2, -0.15) is 0 Å². The monoisotopic (exact) mass is 323 g/mol. The van der Waals surface area contributed by atoms with E-state index in [1.54, 1.807) is 31.4 Å². The molecule has 0 saturated heterocycles. The minimum Gasteiger partial charge on any atom is -0.497 e. The van der Waals surface area contributed by atoms with Gasteiger partial charge >= 0.3 is 5.63 Å². The number of carbonyl (C=O) groups excluding carboxylic acids is 1. The smallest absolute Gasteiger partial charge is 0.349 e. The van der Waals surface area contributed by atoms with E-state index in [2.05, 4.69) is 5.32 Å². The van der Waals surface area contributed by atoms with E-state index in [4.69, 9.17) is 9.15 Å². The minimum absolute atomic E-state index is 0.00550. The molecule has 0 spiro atoms. The van der Waals surface area contributed by atoms with Crippen LogP contribution in [0.3, 0.4) is 0 Å². The maximum absolute atomic E-state index is 12.4. The molecule has 1 N–H and O–H groups in total. The van der Waals surface area contributed by atoms with Crippen LogP contribution in [-0.4, -0.2) is 13.0 Å². The molecule has 0 saturated carbocycles. The van der Waals surface area contributed by atoms with Crippen molar-refractivity contribution in [2.24, 2.45) is 0 Å². The first-order valence-electron chi connectivity index (χ1n) is 7.56. The normalized spacial score (nSPS) is 11.9. The van der Waals surface area contributed by atoms with E-state index in [0.29, 0.717) is 11.0 Å². The van der Waals surface area contributed by atoms with Crippen LogP contribution in [0.15, 0.2) is 63.8 Å². The zero-order valence-corrected chi connectivity index (χ0v) is 13.4. The van der Waals surface area contributed by atoms with Gasteiger partial charge in [0.1, 0.15) is 16.9 Å². The summed E-state index contributed by atoms with van der Waals surface area (Å²) in [4.78, 5) is 24.5. The van der Waals surface area contributed by atoms with Crippen molar-refractivity contribution in [1.29, 1.82) is 0 Å².